The molecule has 0 aliphatic rings. The van der Waals surface area contributed by atoms with Crippen molar-refractivity contribution in [3.63, 3.8) is 0 Å². The van der Waals surface area contributed by atoms with Crippen LogP contribution in [0.1, 0.15) is 121 Å². The van der Waals surface area contributed by atoms with Crippen molar-refractivity contribution >= 4 is 23.0 Å². The smallest absolute Gasteiger partial charge is 0.150 e. The third-order valence-electron chi connectivity index (χ3n) is 7.65. The lowest BCUT2D eigenvalue weighted by molar-refractivity contribution is 0.112. The third kappa shape index (κ3) is 14.3. The maximum Gasteiger partial charge on any atom is 0.150 e. The first-order valence-electron chi connectivity index (χ1n) is 17.2. The normalized spacial score (nSPS) is 10.5. The average Bonchev–Trinajstić information content (AvgIpc) is 3.13. The average molecular weight is 624 g/mol. The fraction of sp³-hybridized carbons (Fsp3) is 0.439. The van der Waals surface area contributed by atoms with Crippen LogP contribution in [0.5, 0.6) is 5.75 Å². The molecule has 248 valence electrons. The quantitative estimate of drug-likeness (QED) is 0.118. The van der Waals surface area contributed by atoms with Gasteiger partial charge in [0.2, 0.25) is 0 Å². The van der Waals surface area contributed by atoms with E-state index in [1.54, 1.807) is 25.3 Å². The fourth-order valence-electron chi connectivity index (χ4n) is 4.55. The molecular weight excluding hydrogens is 566 g/mol. The van der Waals surface area contributed by atoms with Crippen LogP contribution in [-0.4, -0.2) is 18.4 Å². The largest absolute Gasteiger partial charge is 0.497 e. The predicted molar refractivity (Wildman–Crippen MR) is 198 cm³/mol. The Morgan fingerprint density at radius 3 is 1.98 bits per heavy atom. The van der Waals surface area contributed by atoms with E-state index >= 15 is 0 Å². The fourth-order valence-corrected chi connectivity index (χ4v) is 4.55. The number of rotatable bonds is 13. The number of nitriles is 1. The van der Waals surface area contributed by atoms with Gasteiger partial charge < -0.3 is 10.1 Å². The number of anilines is 1. The number of methoxy groups -OCH3 is 1. The first-order valence-corrected chi connectivity index (χ1v) is 17.2. The number of aromatic nitrogens is 1. The van der Waals surface area contributed by atoms with Gasteiger partial charge in [-0.1, -0.05) is 130 Å². The maximum absolute atomic E-state index is 11.7. The number of hydrogen-bond donors (Lipinski definition) is 1. The minimum Gasteiger partial charge on any atom is -0.497 e. The monoisotopic (exact) mass is 623 g/mol. The molecule has 0 radical (unpaired) electrons. The van der Waals surface area contributed by atoms with Gasteiger partial charge in [-0.3, -0.25) is 4.79 Å². The Morgan fingerprint density at radius 1 is 0.848 bits per heavy atom. The Hall–Kier alpha value is -4.17. The highest BCUT2D eigenvalue weighted by Gasteiger charge is 2.08. The first-order chi connectivity index (χ1) is 22.4. The van der Waals surface area contributed by atoms with E-state index in [0.29, 0.717) is 23.5 Å². The van der Waals surface area contributed by atoms with Gasteiger partial charge in [-0.25, -0.2) is 4.98 Å². The summed E-state index contributed by atoms with van der Waals surface area (Å²) in [6.07, 6.45) is 11.9. The molecule has 5 nitrogen and oxygen atoms in total. The zero-order chi connectivity index (χ0) is 34.2. The van der Waals surface area contributed by atoms with Gasteiger partial charge in [-0.15, -0.1) is 0 Å². The molecule has 1 atom stereocenters. The van der Waals surface area contributed by atoms with Crippen LogP contribution in [-0.2, 0) is 6.54 Å². The van der Waals surface area contributed by atoms with Gasteiger partial charge >= 0.3 is 0 Å². The molecule has 0 spiro atoms. The van der Waals surface area contributed by atoms with Gasteiger partial charge in [-0.2, -0.15) is 5.26 Å². The standard InChI is InChI=1S/C25H19N3O2.C8H18.C6H14.C2H6/c1-30-22-9-4-18(5-10-22)15-27-25-13-21(16-29)23-12-20(8-11-24(23)28-25)19-6-2-17(14-26)3-7-19;1-4-6-7-8(3)5-2;1-3-5-6-4-2;1-2/h2-13,16H,15H2,1H3,(H,27,28);8H,4-7H2,1-3H3;3-6H2,1-2H3;1-2H3. The van der Waals surface area contributed by atoms with E-state index in [4.69, 9.17) is 10.00 Å². The zero-order valence-corrected chi connectivity index (χ0v) is 29.7. The van der Waals surface area contributed by atoms with E-state index in [2.05, 4.69) is 51.0 Å². The lowest BCUT2D eigenvalue weighted by Gasteiger charge is -2.11. The molecule has 1 heterocycles. The molecular formula is C41H57N3O2. The first kappa shape index (κ1) is 39.9. The summed E-state index contributed by atoms with van der Waals surface area (Å²) in [7, 11) is 1.64. The second kappa shape index (κ2) is 24.1. The van der Waals surface area contributed by atoms with Gasteiger partial charge in [0, 0.05) is 17.5 Å². The van der Waals surface area contributed by atoms with E-state index < -0.39 is 0 Å². The summed E-state index contributed by atoms with van der Waals surface area (Å²) in [6.45, 7) is 15.9. The molecule has 0 bridgehead atoms. The van der Waals surface area contributed by atoms with Crippen molar-refractivity contribution in [3.05, 3.63) is 89.5 Å². The maximum atomic E-state index is 11.7. The van der Waals surface area contributed by atoms with Crippen LogP contribution in [0.15, 0.2) is 72.8 Å². The molecule has 3 aromatic carbocycles. The Bertz CT molecular complexity index is 1420. The van der Waals surface area contributed by atoms with Crippen LogP contribution in [0.2, 0.25) is 0 Å². The Kier molecular flexibility index (Phi) is 20.9. The number of benzene rings is 3. The van der Waals surface area contributed by atoms with Gasteiger partial charge in [0.25, 0.3) is 0 Å². The van der Waals surface area contributed by atoms with Crippen molar-refractivity contribution in [2.75, 3.05) is 12.4 Å². The molecule has 0 saturated heterocycles. The minimum atomic E-state index is 0.577. The molecule has 0 aliphatic carbocycles. The molecule has 1 N–H and O–H groups in total. The third-order valence-corrected chi connectivity index (χ3v) is 7.65. The van der Waals surface area contributed by atoms with Crippen LogP contribution < -0.4 is 10.1 Å². The van der Waals surface area contributed by atoms with Crippen LogP contribution in [0.25, 0.3) is 22.0 Å². The van der Waals surface area contributed by atoms with Gasteiger partial charge in [0.05, 0.1) is 24.3 Å². The highest BCUT2D eigenvalue weighted by Crippen LogP contribution is 2.27. The lowest BCUT2D eigenvalue weighted by Crippen LogP contribution is -2.03. The van der Waals surface area contributed by atoms with E-state index in [-0.39, 0.29) is 0 Å². The van der Waals surface area contributed by atoms with Crippen molar-refractivity contribution in [2.45, 2.75) is 106 Å². The molecule has 1 unspecified atom stereocenters. The van der Waals surface area contributed by atoms with E-state index in [9.17, 15) is 4.79 Å². The van der Waals surface area contributed by atoms with Crippen LogP contribution >= 0.6 is 0 Å². The van der Waals surface area contributed by atoms with Crippen LogP contribution in [0.4, 0.5) is 5.82 Å². The zero-order valence-electron chi connectivity index (χ0n) is 29.7. The van der Waals surface area contributed by atoms with Gasteiger partial charge in [-0.05, 0) is 65.1 Å². The molecule has 0 saturated carbocycles. The molecule has 4 rings (SSSR count). The molecule has 0 aliphatic heterocycles. The number of unbranched alkanes of at least 4 members (excludes halogenated alkanes) is 4. The van der Waals surface area contributed by atoms with Crippen LogP contribution in [0, 0.1) is 17.2 Å². The highest BCUT2D eigenvalue weighted by molar-refractivity contribution is 5.99. The molecule has 0 amide bonds. The van der Waals surface area contributed by atoms with E-state index in [1.807, 2.05) is 68.4 Å². The van der Waals surface area contributed by atoms with Crippen molar-refractivity contribution < 1.29 is 9.53 Å². The number of ether oxygens (including phenoxy) is 1. The summed E-state index contributed by atoms with van der Waals surface area (Å²) in [5.74, 6) is 2.41. The summed E-state index contributed by atoms with van der Waals surface area (Å²) in [5, 5.41) is 13.0. The lowest BCUT2D eigenvalue weighted by atomic mass is 10.0. The molecule has 1 aromatic heterocycles. The molecule has 0 fully saturated rings. The number of carbonyl (C=O) groups excluding carboxylic acids is 1. The topological polar surface area (TPSA) is 75.0 Å². The summed E-state index contributed by atoms with van der Waals surface area (Å²) in [5.41, 5.74) is 4.97. The summed E-state index contributed by atoms with van der Waals surface area (Å²) in [4.78, 5) is 16.4. The summed E-state index contributed by atoms with van der Waals surface area (Å²) in [6, 6.07) is 24.9. The van der Waals surface area contributed by atoms with E-state index in [0.717, 1.165) is 45.5 Å². The van der Waals surface area contributed by atoms with Crippen LogP contribution in [0.3, 0.4) is 0 Å². The molecule has 4 aromatic rings. The minimum absolute atomic E-state index is 0.577. The van der Waals surface area contributed by atoms with Crippen molar-refractivity contribution in [3.8, 4) is 22.9 Å². The number of hydrogen-bond acceptors (Lipinski definition) is 5. The molecule has 46 heavy (non-hydrogen) atoms. The summed E-state index contributed by atoms with van der Waals surface area (Å²) >= 11 is 0. The van der Waals surface area contributed by atoms with Gasteiger partial charge in [0.1, 0.15) is 11.6 Å². The second-order valence-electron chi connectivity index (χ2n) is 11.2. The molecule has 5 heteroatoms. The van der Waals surface area contributed by atoms with Gasteiger partial charge in [0.15, 0.2) is 6.29 Å². The Morgan fingerprint density at radius 2 is 1.46 bits per heavy atom. The van der Waals surface area contributed by atoms with Crippen molar-refractivity contribution in [2.24, 2.45) is 5.92 Å². The second-order valence-corrected chi connectivity index (χ2v) is 11.2. The van der Waals surface area contributed by atoms with Crippen molar-refractivity contribution in [1.82, 2.24) is 4.98 Å². The number of nitrogens with zero attached hydrogens (tertiary/aromatic N) is 2. The number of nitrogens with one attached hydrogen (secondary N) is 1. The predicted octanol–water partition coefficient (Wildman–Crippen LogP) is 12.0. The number of fused-ring (bicyclic) bond motifs is 1. The van der Waals surface area contributed by atoms with E-state index in [1.165, 1.54) is 51.4 Å². The van der Waals surface area contributed by atoms with Crippen molar-refractivity contribution in [1.29, 1.82) is 5.26 Å². The number of aldehydes is 1. The number of pyridine rings is 1. The Balaban J connectivity index is 0.000000551. The SMILES string of the molecule is CC.CCCCC(C)CC.CCCCCC.COc1ccc(CNc2cc(C=O)c3cc(-c4ccc(C#N)cc4)ccc3n2)cc1. The summed E-state index contributed by atoms with van der Waals surface area (Å²) < 4.78 is 5.18. The Labute approximate surface area is 279 Å². The number of carbonyl (C=O) groups is 1. The highest BCUT2D eigenvalue weighted by atomic mass is 16.5.